The Kier molecular flexibility index (Phi) is 7.11. The van der Waals surface area contributed by atoms with E-state index in [-0.39, 0.29) is 0 Å². The highest BCUT2D eigenvalue weighted by atomic mass is 127. The molecule has 0 saturated carbocycles. The minimum atomic E-state index is -1.13. The van der Waals surface area contributed by atoms with Gasteiger partial charge >= 0.3 is 0 Å². The first-order valence-corrected chi connectivity index (χ1v) is 19.7. The summed E-state index contributed by atoms with van der Waals surface area (Å²) in [5.41, 5.74) is 2.75. The summed E-state index contributed by atoms with van der Waals surface area (Å²) in [6.07, 6.45) is 0. The van der Waals surface area contributed by atoms with Crippen molar-refractivity contribution < 1.29 is 0 Å². The lowest BCUT2D eigenvalue weighted by Crippen LogP contribution is -2.58. The highest BCUT2D eigenvalue weighted by Gasteiger charge is 2.57. The molecule has 0 heterocycles. The Morgan fingerprint density at radius 2 is 0.857 bits per heavy atom. The maximum Gasteiger partial charge on any atom is 0.242 e. The van der Waals surface area contributed by atoms with Crippen molar-refractivity contribution in [3.05, 3.63) is 0 Å². The lowest BCUT2D eigenvalue weighted by atomic mass is 10.5. The van der Waals surface area contributed by atoms with Crippen LogP contribution in [-0.4, -0.2) is 7.67 Å². The van der Waals surface area contributed by atoms with Gasteiger partial charge < -0.3 is 0 Å². The molecule has 0 fully saturated rings. The summed E-state index contributed by atoms with van der Waals surface area (Å²) in [5.74, 6) is 0. The van der Waals surface area contributed by atoms with Crippen molar-refractivity contribution in [2.75, 3.05) is 0 Å². The standard InChI is InChI=1S/C9H21I3Si2/c1-7(2)13(8(3)4,9(5)6)14(10,11)12/h7-9H,1-6H3. The molecule has 0 nitrogen and oxygen atoms in total. The molecule has 86 valence electrons. The Balaban J connectivity index is 5.40. The maximum absolute atomic E-state index is 2.81. The van der Waals surface area contributed by atoms with Gasteiger partial charge in [0.2, 0.25) is 0.0813 Å². The number of halogens is 3. The third kappa shape index (κ3) is 3.09. The molecule has 0 aliphatic rings. The minimum absolute atomic E-state index is 0.917. The van der Waals surface area contributed by atoms with Gasteiger partial charge in [0, 0.05) is 0 Å². The molecule has 5 heteroatoms. The molecular formula is C9H21I3Si2. The van der Waals surface area contributed by atoms with Crippen LogP contribution in [0.1, 0.15) is 41.5 Å². The Hall–Kier alpha value is 2.62. The zero-order valence-corrected chi connectivity index (χ0v) is 18.3. The molecule has 0 rings (SSSR count). The smallest absolute Gasteiger partial charge is 0.0946 e. The molecule has 0 aromatic carbocycles. The molecule has 0 atom stereocenters. The van der Waals surface area contributed by atoms with Crippen molar-refractivity contribution in [1.29, 1.82) is 0 Å². The van der Waals surface area contributed by atoms with Crippen molar-refractivity contribution in [3.63, 3.8) is 0 Å². The van der Waals surface area contributed by atoms with Gasteiger partial charge in [-0.1, -0.05) is 124 Å². The molecule has 0 N–H and O–H groups in total. The maximum atomic E-state index is 2.81. The quantitative estimate of drug-likeness (QED) is 0.223. The second-order valence-electron chi connectivity index (χ2n) is 4.89. The van der Waals surface area contributed by atoms with Gasteiger partial charge in [0.25, 0.3) is 0 Å². The zero-order chi connectivity index (χ0) is 11.7. The van der Waals surface area contributed by atoms with Gasteiger partial charge in [-0.2, -0.15) is 0 Å². The van der Waals surface area contributed by atoms with Crippen LogP contribution in [0.5, 0.6) is 0 Å². The Bertz CT molecular complexity index is 163. The van der Waals surface area contributed by atoms with E-state index < -0.39 is 7.67 Å². The van der Waals surface area contributed by atoms with E-state index in [0.29, 0.717) is 0 Å². The van der Waals surface area contributed by atoms with E-state index in [9.17, 15) is 0 Å². The van der Waals surface area contributed by atoms with Gasteiger partial charge in [0.05, 0.1) is 7.59 Å². The van der Waals surface area contributed by atoms with Crippen molar-refractivity contribution in [2.45, 2.75) is 58.2 Å². The van der Waals surface area contributed by atoms with E-state index >= 15 is 0 Å². The SMILES string of the molecule is CC(C)[Si](C(C)C)(C(C)C)[Si](I)(I)I. The number of hydrogen-bond acceptors (Lipinski definition) is 0. The second-order valence-corrected chi connectivity index (χ2v) is 58.4. The van der Waals surface area contributed by atoms with Crippen LogP contribution < -0.4 is 0 Å². The largest absolute Gasteiger partial charge is 0.242 e. The van der Waals surface area contributed by atoms with Crippen LogP contribution in [0, 0.1) is 0 Å². The summed E-state index contributed by atoms with van der Waals surface area (Å²) in [5, 5.41) is 0. The lowest BCUT2D eigenvalue weighted by Gasteiger charge is -2.47. The van der Waals surface area contributed by atoms with Crippen molar-refractivity contribution >= 4 is 73.1 Å². The third-order valence-electron chi connectivity index (χ3n) is 3.36. The molecule has 0 aromatic heterocycles. The molecule has 0 unspecified atom stereocenters. The molecule has 0 amide bonds. The summed E-state index contributed by atoms with van der Waals surface area (Å²) in [6, 6.07) is 0. The summed E-state index contributed by atoms with van der Waals surface area (Å²) >= 11 is 8.43. The Morgan fingerprint density at radius 1 is 0.643 bits per heavy atom. The highest BCUT2D eigenvalue weighted by Crippen LogP contribution is 2.55. The molecule has 0 aromatic rings. The number of rotatable bonds is 4. The van der Waals surface area contributed by atoms with Gasteiger partial charge in [-0.05, 0) is 0 Å². The summed E-state index contributed by atoms with van der Waals surface area (Å²) < 4.78 is -1.08. The summed E-state index contributed by atoms with van der Waals surface area (Å²) in [7, 11) is -1.13. The van der Waals surface area contributed by atoms with E-state index in [1.807, 2.05) is 0 Å². The summed E-state index contributed by atoms with van der Waals surface area (Å²) in [6.45, 7) is 14.8. The molecule has 14 heavy (non-hydrogen) atoms. The molecule has 0 aliphatic heterocycles. The fraction of sp³-hybridized carbons (Fsp3) is 1.00. The fourth-order valence-electron chi connectivity index (χ4n) is 2.98. The highest BCUT2D eigenvalue weighted by molar-refractivity contribution is 14.4. The van der Waals surface area contributed by atoms with E-state index in [0.717, 1.165) is 16.6 Å². The van der Waals surface area contributed by atoms with Crippen LogP contribution in [0.4, 0.5) is 0 Å². The van der Waals surface area contributed by atoms with Gasteiger partial charge in [0.1, 0.15) is 0 Å². The molecular weight excluding hydrogens is 545 g/mol. The van der Waals surface area contributed by atoms with E-state index in [2.05, 4.69) is 107 Å². The normalized spacial score (nSPS) is 14.6. The van der Waals surface area contributed by atoms with Crippen LogP contribution in [0.3, 0.4) is 0 Å². The van der Waals surface area contributed by atoms with Crippen LogP contribution in [0.25, 0.3) is 0 Å². The van der Waals surface area contributed by atoms with Crippen LogP contribution >= 0.6 is 65.4 Å². The Labute approximate surface area is 129 Å². The van der Waals surface area contributed by atoms with E-state index in [1.165, 1.54) is 0 Å². The summed E-state index contributed by atoms with van der Waals surface area (Å²) in [4.78, 5) is 0. The monoisotopic (exact) mass is 566 g/mol. The molecule has 0 radical (unpaired) electrons. The lowest BCUT2D eigenvalue weighted by molar-refractivity contribution is 0.848. The molecule has 0 bridgehead atoms. The van der Waals surface area contributed by atoms with Gasteiger partial charge in [-0.15, -0.1) is 0 Å². The average Bonchev–Trinajstić information content (AvgIpc) is 1.79. The second kappa shape index (κ2) is 5.99. The first-order chi connectivity index (χ1) is 6.08. The van der Waals surface area contributed by atoms with Gasteiger partial charge in [-0.25, -0.2) is 0 Å². The first-order valence-electron chi connectivity index (χ1n) is 5.15. The van der Waals surface area contributed by atoms with Crippen LogP contribution in [-0.2, 0) is 0 Å². The third-order valence-corrected chi connectivity index (χ3v) is 43.4. The van der Waals surface area contributed by atoms with Gasteiger partial charge in [-0.3, -0.25) is 0 Å². The van der Waals surface area contributed by atoms with Crippen molar-refractivity contribution in [3.8, 4) is 0 Å². The van der Waals surface area contributed by atoms with Crippen molar-refractivity contribution in [1.82, 2.24) is 0 Å². The molecule has 0 saturated heterocycles. The topological polar surface area (TPSA) is 0 Å². The Morgan fingerprint density at radius 3 is 0.857 bits per heavy atom. The van der Waals surface area contributed by atoms with Crippen LogP contribution in [0.15, 0.2) is 0 Å². The first kappa shape index (κ1) is 16.6. The predicted octanol–water partition coefficient (Wildman–Crippen LogP) is 5.99. The number of hydrogen-bond donors (Lipinski definition) is 0. The van der Waals surface area contributed by atoms with E-state index in [1.54, 1.807) is 0 Å². The molecule has 0 spiro atoms. The van der Waals surface area contributed by atoms with Crippen molar-refractivity contribution in [2.24, 2.45) is 0 Å². The fourth-order valence-corrected chi connectivity index (χ4v) is 65.3. The minimum Gasteiger partial charge on any atom is -0.0946 e. The molecule has 0 aliphatic carbocycles. The predicted molar refractivity (Wildman–Crippen MR) is 98.9 cm³/mol. The average molecular weight is 566 g/mol. The van der Waals surface area contributed by atoms with Crippen LogP contribution in [0.2, 0.25) is 16.6 Å². The van der Waals surface area contributed by atoms with E-state index in [4.69, 9.17) is 0 Å². The van der Waals surface area contributed by atoms with Gasteiger partial charge in [0.15, 0.2) is 0 Å². The zero-order valence-electron chi connectivity index (χ0n) is 9.87.